The van der Waals surface area contributed by atoms with Crippen molar-refractivity contribution in [2.45, 2.75) is 225 Å². The second kappa shape index (κ2) is 59.3. The van der Waals surface area contributed by atoms with Crippen molar-refractivity contribution in [3.05, 3.63) is 158 Å². The fourth-order valence-electron chi connectivity index (χ4n) is 7.82. The van der Waals surface area contributed by atoms with E-state index in [2.05, 4.69) is 172 Å². The van der Waals surface area contributed by atoms with E-state index in [1.165, 1.54) is 44.9 Å². The number of unbranched alkanes of at least 4 members (excludes halogenated alkanes) is 15. The van der Waals surface area contributed by atoms with Gasteiger partial charge >= 0.3 is 11.9 Å². The van der Waals surface area contributed by atoms with Gasteiger partial charge in [0.25, 0.3) is 7.82 Å². The minimum Gasteiger partial charge on any atom is -0.756 e. The van der Waals surface area contributed by atoms with Crippen LogP contribution in [0.15, 0.2) is 158 Å². The number of allylic oxidation sites excluding steroid dienone is 26. The summed E-state index contributed by atoms with van der Waals surface area (Å²) in [5.74, 6) is -0.875. The highest BCUT2D eigenvalue weighted by Crippen LogP contribution is 2.38. The minimum absolute atomic E-state index is 0.0437. The van der Waals surface area contributed by atoms with Crippen molar-refractivity contribution in [2.24, 2.45) is 0 Å². The number of phosphoric acid groups is 1. The van der Waals surface area contributed by atoms with Crippen molar-refractivity contribution in [1.82, 2.24) is 0 Å². The van der Waals surface area contributed by atoms with Gasteiger partial charge in [0.15, 0.2) is 6.10 Å². The predicted octanol–water partition coefficient (Wildman–Crippen LogP) is 19.4. The molecule has 0 aromatic rings. The van der Waals surface area contributed by atoms with Crippen LogP contribution < -0.4 is 4.89 Å². The molecule has 0 saturated heterocycles. The number of hydrogen-bond acceptors (Lipinski definition) is 8. The Morgan fingerprint density at radius 1 is 0.388 bits per heavy atom. The summed E-state index contributed by atoms with van der Waals surface area (Å²) in [5.41, 5.74) is 0. The fraction of sp³-hybridized carbons (Fsp3) is 0.600. The van der Waals surface area contributed by atoms with Crippen LogP contribution in [-0.2, 0) is 32.7 Å². The van der Waals surface area contributed by atoms with Gasteiger partial charge < -0.3 is 27.9 Å². The summed E-state index contributed by atoms with van der Waals surface area (Å²) in [6.07, 6.45) is 88.7. The number of nitrogens with zero attached hydrogens (tertiary/aromatic N) is 1. The monoisotopic (exact) mass is 1130 g/mol. The molecule has 0 aromatic carbocycles. The smallest absolute Gasteiger partial charge is 0.306 e. The average Bonchev–Trinajstić information content (AvgIpc) is 3.42. The lowest BCUT2D eigenvalue weighted by Crippen LogP contribution is -2.37. The molecule has 0 aliphatic rings. The lowest BCUT2D eigenvalue weighted by atomic mass is 10.0. The number of likely N-dealkylation sites (N-methyl/N-ethyl adjacent to an activating group) is 1. The SMILES string of the molecule is CC/C=C\C/C=C\C/C=C\C/C=C\C/C=C\C/C=C\C/C=C\C/C=C\C/C=C\CCCCCCCCCCCCCC(=O)OC(COC(=O)CCCCCC/C=C\C/C=C\C/C=C\C/C=C\CC)COP(=O)([O-])OCC[N+](C)(C)C. The zero-order valence-corrected chi connectivity index (χ0v) is 52.1. The van der Waals surface area contributed by atoms with Crippen LogP contribution in [0.3, 0.4) is 0 Å². The molecule has 0 heterocycles. The molecule has 2 atom stereocenters. The van der Waals surface area contributed by atoms with Gasteiger partial charge in [-0.25, -0.2) is 0 Å². The summed E-state index contributed by atoms with van der Waals surface area (Å²) in [5, 5.41) is 0. The van der Waals surface area contributed by atoms with E-state index in [4.69, 9.17) is 18.5 Å². The molecule has 0 aliphatic heterocycles. The minimum atomic E-state index is -4.65. The zero-order chi connectivity index (χ0) is 58.4. The number of carbonyl (C=O) groups is 2. The van der Waals surface area contributed by atoms with Gasteiger partial charge in [-0.3, -0.25) is 14.2 Å². The van der Waals surface area contributed by atoms with Crippen LogP contribution in [0.1, 0.15) is 219 Å². The summed E-state index contributed by atoms with van der Waals surface area (Å²) in [6.45, 7) is 3.96. The second-order valence-corrected chi connectivity index (χ2v) is 22.7. The summed E-state index contributed by atoms with van der Waals surface area (Å²) in [4.78, 5) is 37.9. The van der Waals surface area contributed by atoms with E-state index in [-0.39, 0.29) is 26.1 Å². The molecule has 0 radical (unpaired) electrons. The van der Waals surface area contributed by atoms with Crippen LogP contribution in [0, 0.1) is 0 Å². The highest BCUT2D eigenvalue weighted by atomic mass is 31.2. The maximum Gasteiger partial charge on any atom is 0.306 e. The van der Waals surface area contributed by atoms with E-state index >= 15 is 0 Å². The molecule has 80 heavy (non-hydrogen) atoms. The van der Waals surface area contributed by atoms with E-state index in [0.29, 0.717) is 23.9 Å². The Hall–Kier alpha value is -4.37. The number of quaternary nitrogens is 1. The number of esters is 2. The Bertz CT molecular complexity index is 1900. The number of carbonyl (C=O) groups excluding carboxylic acids is 2. The molecular formula is C70H114NO8P. The lowest BCUT2D eigenvalue weighted by molar-refractivity contribution is -0.870. The average molecular weight is 1130 g/mol. The van der Waals surface area contributed by atoms with E-state index < -0.39 is 32.5 Å². The van der Waals surface area contributed by atoms with Crippen molar-refractivity contribution in [2.75, 3.05) is 47.5 Å². The van der Waals surface area contributed by atoms with Gasteiger partial charge in [-0.2, -0.15) is 0 Å². The normalized spacial score (nSPS) is 14.3. The van der Waals surface area contributed by atoms with Crippen molar-refractivity contribution >= 4 is 19.8 Å². The molecule has 452 valence electrons. The first-order valence-electron chi connectivity index (χ1n) is 31.2. The topological polar surface area (TPSA) is 111 Å². The Labute approximate surface area is 490 Å². The van der Waals surface area contributed by atoms with Crippen LogP contribution in [0.4, 0.5) is 0 Å². The van der Waals surface area contributed by atoms with E-state index in [0.717, 1.165) is 135 Å². The maximum absolute atomic E-state index is 12.8. The number of rotatable bonds is 55. The molecule has 0 spiro atoms. The van der Waals surface area contributed by atoms with Crippen LogP contribution >= 0.6 is 7.82 Å². The molecule has 0 aromatic heterocycles. The predicted molar refractivity (Wildman–Crippen MR) is 341 cm³/mol. The first-order valence-corrected chi connectivity index (χ1v) is 32.7. The van der Waals surface area contributed by atoms with Gasteiger partial charge in [-0.15, -0.1) is 0 Å². The van der Waals surface area contributed by atoms with Crippen LogP contribution in [-0.4, -0.2) is 70.0 Å². The standard InChI is InChI=1S/C70H114NO8P/c1-6-8-10-12-14-16-18-20-22-24-25-26-27-28-29-30-31-32-33-34-35-36-37-38-39-40-41-42-43-44-45-47-49-51-53-55-57-59-61-63-70(73)79-68(67-78-80(74,75)77-65-64-71(3,4)5)66-76-69(72)62-60-58-56-54-52-50-48-46-23-21-19-17-15-13-11-9-7-2/h8-11,14-17,20-23,25-26,28-29,31-32,34-35,37-38,40-41,48,50,68H,6-7,12-13,18-19,24,27,30,33,36,39,42-47,49,51-67H2,1-5H3/b10-8-,11-9-,16-14-,17-15-,22-20-,23-21-,26-25-,29-28-,32-31-,35-34-,38-37-,41-40-,50-48-. The van der Waals surface area contributed by atoms with E-state index in [1.54, 1.807) is 0 Å². The molecule has 10 heteroatoms. The summed E-state index contributed by atoms with van der Waals surface area (Å²) < 4.78 is 34.1. The summed E-state index contributed by atoms with van der Waals surface area (Å²) >= 11 is 0. The third kappa shape index (κ3) is 62.8. The van der Waals surface area contributed by atoms with E-state index in [1.807, 2.05) is 21.1 Å². The van der Waals surface area contributed by atoms with Crippen molar-refractivity contribution in [3.63, 3.8) is 0 Å². The molecule has 0 bridgehead atoms. The van der Waals surface area contributed by atoms with Crippen LogP contribution in [0.25, 0.3) is 0 Å². The highest BCUT2D eigenvalue weighted by Gasteiger charge is 2.22. The quantitative estimate of drug-likeness (QED) is 0.0195. The molecule has 0 rings (SSSR count). The Morgan fingerprint density at radius 3 is 1.00 bits per heavy atom. The molecular weight excluding hydrogens is 1010 g/mol. The van der Waals surface area contributed by atoms with Crippen molar-refractivity contribution in [1.29, 1.82) is 0 Å². The van der Waals surface area contributed by atoms with Gasteiger partial charge in [0, 0.05) is 12.8 Å². The number of phosphoric ester groups is 1. The molecule has 0 amide bonds. The summed E-state index contributed by atoms with van der Waals surface area (Å²) in [6, 6.07) is 0. The van der Waals surface area contributed by atoms with Gasteiger partial charge in [0.1, 0.15) is 19.8 Å². The molecule has 9 nitrogen and oxygen atoms in total. The number of hydrogen-bond donors (Lipinski definition) is 0. The van der Waals surface area contributed by atoms with Gasteiger partial charge in [-0.1, -0.05) is 242 Å². The van der Waals surface area contributed by atoms with Gasteiger partial charge in [-0.05, 0) is 122 Å². The molecule has 0 N–H and O–H groups in total. The molecule has 2 unspecified atom stereocenters. The van der Waals surface area contributed by atoms with Crippen molar-refractivity contribution < 1.29 is 42.1 Å². The van der Waals surface area contributed by atoms with Gasteiger partial charge in [0.2, 0.25) is 0 Å². The third-order valence-electron chi connectivity index (χ3n) is 12.5. The summed E-state index contributed by atoms with van der Waals surface area (Å²) in [7, 11) is 1.13. The third-order valence-corrected chi connectivity index (χ3v) is 13.5. The second-order valence-electron chi connectivity index (χ2n) is 21.3. The Kier molecular flexibility index (Phi) is 56.0. The fourth-order valence-corrected chi connectivity index (χ4v) is 8.54. The molecule has 0 aliphatic carbocycles. The van der Waals surface area contributed by atoms with E-state index in [9.17, 15) is 19.0 Å². The molecule has 0 fully saturated rings. The number of ether oxygens (including phenoxy) is 2. The molecule has 0 saturated carbocycles. The zero-order valence-electron chi connectivity index (χ0n) is 51.2. The Balaban J connectivity index is 4.13. The Morgan fingerprint density at radius 2 is 0.675 bits per heavy atom. The van der Waals surface area contributed by atoms with Crippen molar-refractivity contribution in [3.8, 4) is 0 Å². The largest absolute Gasteiger partial charge is 0.756 e. The van der Waals surface area contributed by atoms with Crippen LogP contribution in [0.2, 0.25) is 0 Å². The van der Waals surface area contributed by atoms with Crippen LogP contribution in [0.5, 0.6) is 0 Å². The lowest BCUT2D eigenvalue weighted by Gasteiger charge is -2.28. The van der Waals surface area contributed by atoms with Gasteiger partial charge in [0.05, 0.1) is 27.7 Å². The first-order chi connectivity index (χ1) is 39.0. The maximum atomic E-state index is 12.8. The first kappa shape index (κ1) is 75.6. The highest BCUT2D eigenvalue weighted by molar-refractivity contribution is 7.45.